The number of nitrogens with zero attached hydrogens (tertiary/aromatic N) is 1. The summed E-state index contributed by atoms with van der Waals surface area (Å²) in [5, 5.41) is 3.81. The van der Waals surface area contributed by atoms with E-state index < -0.39 is 0 Å². The molecule has 0 aliphatic heterocycles. The number of Topliss-reactive ketones (excluding diaryl/α,β-unsaturated/α-hetero) is 1. The average molecular weight is 524 g/mol. The van der Waals surface area contributed by atoms with E-state index in [4.69, 9.17) is 0 Å². The van der Waals surface area contributed by atoms with Crippen LogP contribution in [0, 0.1) is 18.7 Å². The minimum absolute atomic E-state index is 0.0538. The number of aliphatic imine (C=N–C) groups is 1. The number of hydrogen-bond donors (Lipinski definition) is 2. The lowest BCUT2D eigenvalue weighted by molar-refractivity contribution is -0.120. The molecule has 1 heterocycles. The first kappa shape index (κ1) is 26.5. The number of nitrogens with one attached hydrogen (secondary N) is 2. The van der Waals surface area contributed by atoms with Gasteiger partial charge in [0.1, 0.15) is 11.7 Å². The number of aromatic amines is 1. The minimum Gasteiger partial charge on any atom is -0.360 e. The molecule has 6 heteroatoms. The molecule has 0 radical (unpaired) electrons. The summed E-state index contributed by atoms with van der Waals surface area (Å²) in [6.07, 6.45) is 5.83. The third-order valence-corrected chi connectivity index (χ3v) is 7.53. The second kappa shape index (κ2) is 11.4. The minimum atomic E-state index is -0.233. The molecule has 5 rings (SSSR count). The highest BCUT2D eigenvalue weighted by Gasteiger charge is 2.29. The van der Waals surface area contributed by atoms with Gasteiger partial charge in [-0.2, -0.15) is 0 Å². The van der Waals surface area contributed by atoms with Crippen molar-refractivity contribution in [2.75, 3.05) is 0 Å². The third-order valence-electron chi connectivity index (χ3n) is 7.53. The summed E-state index contributed by atoms with van der Waals surface area (Å²) in [4.78, 5) is 33.0. The van der Waals surface area contributed by atoms with Gasteiger partial charge in [0.05, 0.1) is 5.69 Å². The standard InChI is InChI=1S/C33H34FN3O2/c1-20(23-9-13-27(34)14-10-23)5-4-6-32(38)29-19-35-31-16-12-26(18-28(29)31)25-11-15-30(21(2)17-25)36-22(3)37-33(39)24-7-8-24/h9-20,24,35H,4-8H2,1-3H3,(H,36,37,39)/t20-/m1/s1. The molecule has 1 atom stereocenters. The number of hydrogen-bond acceptors (Lipinski definition) is 3. The van der Waals surface area contributed by atoms with Crippen molar-refractivity contribution in [3.8, 4) is 11.1 Å². The maximum atomic E-state index is 13.2. The largest absolute Gasteiger partial charge is 0.360 e. The zero-order valence-electron chi connectivity index (χ0n) is 22.7. The van der Waals surface area contributed by atoms with Crippen LogP contribution in [0.1, 0.15) is 73.4 Å². The lowest BCUT2D eigenvalue weighted by atomic mass is 9.93. The van der Waals surface area contributed by atoms with E-state index in [1.54, 1.807) is 0 Å². The summed E-state index contributed by atoms with van der Waals surface area (Å²) in [7, 11) is 0. The molecule has 1 fully saturated rings. The Kier molecular flexibility index (Phi) is 7.73. The normalized spacial score (nSPS) is 14.4. The van der Waals surface area contributed by atoms with Gasteiger partial charge in [0.2, 0.25) is 5.91 Å². The van der Waals surface area contributed by atoms with Gasteiger partial charge < -0.3 is 10.3 Å². The Morgan fingerprint density at radius 2 is 1.77 bits per heavy atom. The van der Waals surface area contributed by atoms with Gasteiger partial charge in [-0.25, -0.2) is 9.38 Å². The maximum Gasteiger partial charge on any atom is 0.228 e. The molecule has 4 aromatic rings. The molecule has 0 bridgehead atoms. The van der Waals surface area contributed by atoms with Crippen LogP contribution in [-0.2, 0) is 4.79 Å². The predicted molar refractivity (Wildman–Crippen MR) is 155 cm³/mol. The molecular formula is C33H34FN3O2. The number of aryl methyl sites for hydroxylation is 1. The van der Waals surface area contributed by atoms with Crippen LogP contribution in [0.2, 0.25) is 0 Å². The molecule has 1 aliphatic carbocycles. The number of ketones is 1. The first-order chi connectivity index (χ1) is 18.8. The first-order valence-corrected chi connectivity index (χ1v) is 13.7. The Balaban J connectivity index is 1.27. The van der Waals surface area contributed by atoms with Crippen molar-refractivity contribution in [3.63, 3.8) is 0 Å². The smallest absolute Gasteiger partial charge is 0.228 e. The van der Waals surface area contributed by atoms with Crippen LogP contribution in [0.3, 0.4) is 0 Å². The van der Waals surface area contributed by atoms with Crippen molar-refractivity contribution in [2.24, 2.45) is 10.9 Å². The monoisotopic (exact) mass is 523 g/mol. The molecule has 1 amide bonds. The van der Waals surface area contributed by atoms with Gasteiger partial charge in [0, 0.05) is 35.0 Å². The van der Waals surface area contributed by atoms with Gasteiger partial charge in [0.25, 0.3) is 0 Å². The maximum absolute atomic E-state index is 13.2. The van der Waals surface area contributed by atoms with Crippen LogP contribution >= 0.6 is 0 Å². The predicted octanol–water partition coefficient (Wildman–Crippen LogP) is 8.02. The summed E-state index contributed by atoms with van der Waals surface area (Å²) >= 11 is 0. The van der Waals surface area contributed by atoms with Gasteiger partial charge in [-0.15, -0.1) is 0 Å². The average Bonchev–Trinajstić information content (AvgIpc) is 3.69. The van der Waals surface area contributed by atoms with E-state index in [9.17, 15) is 14.0 Å². The van der Waals surface area contributed by atoms with Crippen molar-refractivity contribution in [2.45, 2.75) is 58.8 Å². The molecule has 0 spiro atoms. The van der Waals surface area contributed by atoms with Crippen LogP contribution in [0.5, 0.6) is 0 Å². The third kappa shape index (κ3) is 6.33. The summed E-state index contributed by atoms with van der Waals surface area (Å²) in [5.74, 6) is 0.952. The molecule has 2 N–H and O–H groups in total. The van der Waals surface area contributed by atoms with Crippen LogP contribution in [0.4, 0.5) is 10.1 Å². The number of carbonyl (C=O) groups excluding carboxylic acids is 2. The van der Waals surface area contributed by atoms with Crippen LogP contribution in [0.25, 0.3) is 22.0 Å². The number of aromatic nitrogens is 1. The highest BCUT2D eigenvalue weighted by molar-refractivity contribution is 6.08. The summed E-state index contributed by atoms with van der Waals surface area (Å²) in [5.41, 5.74) is 6.63. The van der Waals surface area contributed by atoms with Crippen molar-refractivity contribution < 1.29 is 14.0 Å². The molecule has 1 aliphatic rings. The number of halogens is 1. The number of carbonyl (C=O) groups is 2. The second-order valence-corrected chi connectivity index (χ2v) is 10.7. The van der Waals surface area contributed by atoms with E-state index >= 15 is 0 Å². The molecule has 200 valence electrons. The van der Waals surface area contributed by atoms with Crippen molar-refractivity contribution >= 4 is 34.1 Å². The number of rotatable bonds is 9. The summed E-state index contributed by atoms with van der Waals surface area (Å²) < 4.78 is 13.2. The fraction of sp³-hybridized carbons (Fsp3) is 0.303. The van der Waals surface area contributed by atoms with Crippen molar-refractivity contribution in [1.82, 2.24) is 10.3 Å². The van der Waals surface area contributed by atoms with E-state index in [1.165, 1.54) is 12.1 Å². The Hall–Kier alpha value is -4.06. The molecular weight excluding hydrogens is 489 g/mol. The number of fused-ring (bicyclic) bond motifs is 1. The SMILES string of the molecule is CC(=Nc1ccc(-c2ccc3[nH]cc(C(=O)CCC[C@@H](C)c4ccc(F)cc4)c3c2)cc1C)NC(=O)C1CC1. The lowest BCUT2D eigenvalue weighted by Crippen LogP contribution is -2.29. The van der Waals surface area contributed by atoms with Gasteiger partial charge in [-0.05, 0) is 104 Å². The molecule has 5 nitrogen and oxygen atoms in total. The molecule has 1 aromatic heterocycles. The van der Waals surface area contributed by atoms with E-state index in [-0.39, 0.29) is 29.3 Å². The van der Waals surface area contributed by atoms with Gasteiger partial charge in [0.15, 0.2) is 5.78 Å². The summed E-state index contributed by atoms with van der Waals surface area (Å²) in [6.45, 7) is 5.93. The number of H-pyrrole nitrogens is 1. The van der Waals surface area contributed by atoms with E-state index in [0.717, 1.165) is 64.5 Å². The van der Waals surface area contributed by atoms with E-state index in [1.807, 2.05) is 50.4 Å². The van der Waals surface area contributed by atoms with Crippen LogP contribution in [-0.4, -0.2) is 22.5 Å². The molecule has 1 saturated carbocycles. The number of benzene rings is 3. The van der Waals surface area contributed by atoms with Gasteiger partial charge >= 0.3 is 0 Å². The Bertz CT molecular complexity index is 1550. The molecule has 3 aromatic carbocycles. The first-order valence-electron chi connectivity index (χ1n) is 13.7. The highest BCUT2D eigenvalue weighted by Crippen LogP contribution is 2.31. The van der Waals surface area contributed by atoms with Crippen LogP contribution < -0.4 is 5.32 Å². The zero-order chi connectivity index (χ0) is 27.5. The van der Waals surface area contributed by atoms with Gasteiger partial charge in [-0.3, -0.25) is 9.59 Å². The van der Waals surface area contributed by atoms with E-state index in [2.05, 4.69) is 40.4 Å². The van der Waals surface area contributed by atoms with Gasteiger partial charge in [-0.1, -0.05) is 31.2 Å². The summed E-state index contributed by atoms with van der Waals surface area (Å²) in [6, 6.07) is 18.8. The fourth-order valence-corrected chi connectivity index (χ4v) is 4.99. The molecule has 39 heavy (non-hydrogen) atoms. The van der Waals surface area contributed by atoms with Crippen molar-refractivity contribution in [1.29, 1.82) is 0 Å². The number of amidine groups is 1. The fourth-order valence-electron chi connectivity index (χ4n) is 4.99. The number of amides is 1. The Labute approximate surface area is 228 Å². The van der Waals surface area contributed by atoms with E-state index in [0.29, 0.717) is 17.8 Å². The topological polar surface area (TPSA) is 74.3 Å². The Morgan fingerprint density at radius 3 is 2.49 bits per heavy atom. The molecule has 0 unspecified atom stereocenters. The second-order valence-electron chi connectivity index (χ2n) is 10.7. The highest BCUT2D eigenvalue weighted by atomic mass is 19.1. The zero-order valence-corrected chi connectivity index (χ0v) is 22.7. The van der Waals surface area contributed by atoms with Crippen LogP contribution in [0.15, 0.2) is 71.9 Å². The van der Waals surface area contributed by atoms with Crippen molar-refractivity contribution in [3.05, 3.63) is 89.4 Å². The lowest BCUT2D eigenvalue weighted by Gasteiger charge is -2.11. The quantitative estimate of drug-likeness (QED) is 0.132. The molecule has 0 saturated heterocycles. The Morgan fingerprint density at radius 1 is 1.05 bits per heavy atom.